The maximum Gasteiger partial charge on any atom is 0.410 e. The third-order valence-electron chi connectivity index (χ3n) is 3.40. The molecule has 23 heavy (non-hydrogen) atoms. The minimum absolute atomic E-state index is 0.0914. The fourth-order valence-electron chi connectivity index (χ4n) is 2.11. The number of rotatable bonds is 7. The molecule has 1 aromatic rings. The monoisotopic (exact) mass is 323 g/mol. The van der Waals surface area contributed by atoms with Crippen molar-refractivity contribution in [1.29, 1.82) is 0 Å². The van der Waals surface area contributed by atoms with E-state index in [9.17, 15) is 14.7 Å². The van der Waals surface area contributed by atoms with Gasteiger partial charge in [0, 0.05) is 5.41 Å². The standard InChI is InChI=1S/C16H21NO6/c1-16(10-21-11-16)7-14(19)23-13(8-18)17-15(20)22-9-12-5-3-2-4-6-12/h2-6,13,18H,7-11H2,1H3,(H,17,20)/t13-/m1/s1. The third-order valence-corrected chi connectivity index (χ3v) is 3.40. The van der Waals surface area contributed by atoms with E-state index in [4.69, 9.17) is 14.2 Å². The molecule has 0 unspecified atom stereocenters. The number of benzene rings is 1. The highest BCUT2D eigenvalue weighted by atomic mass is 16.6. The Balaban J connectivity index is 1.72. The molecule has 0 aliphatic carbocycles. The number of carbonyl (C=O) groups excluding carboxylic acids is 2. The van der Waals surface area contributed by atoms with Crippen LogP contribution in [0.4, 0.5) is 4.79 Å². The van der Waals surface area contributed by atoms with Crippen LogP contribution in [0, 0.1) is 5.41 Å². The second-order valence-electron chi connectivity index (χ2n) is 5.85. The summed E-state index contributed by atoms with van der Waals surface area (Å²) in [5.74, 6) is -0.502. The van der Waals surface area contributed by atoms with Crippen molar-refractivity contribution in [3.63, 3.8) is 0 Å². The number of hydrogen-bond donors (Lipinski definition) is 2. The minimum atomic E-state index is -1.13. The summed E-state index contributed by atoms with van der Waals surface area (Å²) in [5, 5.41) is 11.5. The largest absolute Gasteiger partial charge is 0.445 e. The highest BCUT2D eigenvalue weighted by Crippen LogP contribution is 2.30. The second kappa shape index (κ2) is 7.94. The Morgan fingerprint density at radius 3 is 2.61 bits per heavy atom. The van der Waals surface area contributed by atoms with Gasteiger partial charge in [-0.1, -0.05) is 37.3 Å². The number of alkyl carbamates (subject to hydrolysis) is 1. The van der Waals surface area contributed by atoms with Gasteiger partial charge in [0.25, 0.3) is 0 Å². The van der Waals surface area contributed by atoms with Crippen molar-refractivity contribution in [2.24, 2.45) is 5.41 Å². The van der Waals surface area contributed by atoms with Crippen molar-refractivity contribution in [3.8, 4) is 0 Å². The topological polar surface area (TPSA) is 94.1 Å². The maximum atomic E-state index is 11.8. The number of aliphatic hydroxyl groups excluding tert-OH is 1. The van der Waals surface area contributed by atoms with Crippen LogP contribution in [-0.4, -0.2) is 43.2 Å². The fourth-order valence-corrected chi connectivity index (χ4v) is 2.11. The summed E-state index contributed by atoms with van der Waals surface area (Å²) in [6.07, 6.45) is -1.72. The average molecular weight is 323 g/mol. The van der Waals surface area contributed by atoms with E-state index in [0.29, 0.717) is 13.2 Å². The molecule has 0 saturated carbocycles. The van der Waals surface area contributed by atoms with Crippen molar-refractivity contribution >= 4 is 12.1 Å². The van der Waals surface area contributed by atoms with Crippen LogP contribution in [0.25, 0.3) is 0 Å². The van der Waals surface area contributed by atoms with Gasteiger partial charge in [0.1, 0.15) is 6.61 Å². The molecule has 1 aromatic carbocycles. The summed E-state index contributed by atoms with van der Waals surface area (Å²) < 4.78 is 15.1. The van der Waals surface area contributed by atoms with Crippen molar-refractivity contribution < 1.29 is 28.9 Å². The Labute approximate surface area is 134 Å². The zero-order chi connectivity index (χ0) is 16.7. The molecule has 7 heteroatoms. The maximum absolute atomic E-state index is 11.8. The first-order valence-electron chi connectivity index (χ1n) is 7.36. The summed E-state index contributed by atoms with van der Waals surface area (Å²) >= 11 is 0. The van der Waals surface area contributed by atoms with Gasteiger partial charge in [-0.3, -0.25) is 10.1 Å². The van der Waals surface area contributed by atoms with Crippen molar-refractivity contribution in [1.82, 2.24) is 5.32 Å². The van der Waals surface area contributed by atoms with Crippen molar-refractivity contribution in [2.45, 2.75) is 26.2 Å². The smallest absolute Gasteiger partial charge is 0.410 e. The molecule has 2 N–H and O–H groups in total. The molecule has 1 atom stereocenters. The number of amides is 1. The summed E-state index contributed by atoms with van der Waals surface area (Å²) in [6.45, 7) is 2.47. The molecule has 0 spiro atoms. The molecule has 1 aliphatic rings. The molecule has 2 rings (SSSR count). The average Bonchev–Trinajstić information content (AvgIpc) is 2.51. The van der Waals surface area contributed by atoms with Crippen LogP contribution in [-0.2, 0) is 25.6 Å². The van der Waals surface area contributed by atoms with Gasteiger partial charge in [0.2, 0.25) is 6.23 Å². The molecular formula is C16H21NO6. The van der Waals surface area contributed by atoms with E-state index < -0.39 is 24.9 Å². The molecule has 1 saturated heterocycles. The molecule has 1 aliphatic heterocycles. The van der Waals surface area contributed by atoms with Gasteiger partial charge in [-0.2, -0.15) is 0 Å². The summed E-state index contributed by atoms with van der Waals surface area (Å²) in [6, 6.07) is 9.16. The minimum Gasteiger partial charge on any atom is -0.445 e. The van der Waals surface area contributed by atoms with Crippen LogP contribution in [0.15, 0.2) is 30.3 Å². The molecular weight excluding hydrogens is 302 g/mol. The molecule has 0 bridgehead atoms. The van der Waals surface area contributed by atoms with E-state index in [1.165, 1.54) is 0 Å². The Morgan fingerprint density at radius 2 is 2.04 bits per heavy atom. The van der Waals surface area contributed by atoms with E-state index in [0.717, 1.165) is 5.56 Å². The number of carbonyl (C=O) groups is 2. The molecule has 0 radical (unpaired) electrons. The number of hydrogen-bond acceptors (Lipinski definition) is 6. The first-order chi connectivity index (χ1) is 11.0. The van der Waals surface area contributed by atoms with Gasteiger partial charge in [-0.05, 0) is 5.56 Å². The molecule has 1 heterocycles. The number of nitrogens with one attached hydrogen (secondary N) is 1. The lowest BCUT2D eigenvalue weighted by atomic mass is 9.85. The van der Waals surface area contributed by atoms with Gasteiger partial charge in [-0.25, -0.2) is 4.79 Å². The predicted octanol–water partition coefficient (Wildman–Crippen LogP) is 1.20. The third kappa shape index (κ3) is 5.54. The first-order valence-corrected chi connectivity index (χ1v) is 7.36. The highest BCUT2D eigenvalue weighted by molar-refractivity contribution is 5.72. The quantitative estimate of drug-likeness (QED) is 0.578. The predicted molar refractivity (Wildman–Crippen MR) is 80.3 cm³/mol. The van der Waals surface area contributed by atoms with E-state index in [-0.39, 0.29) is 18.4 Å². The van der Waals surface area contributed by atoms with Crippen LogP contribution in [0.3, 0.4) is 0 Å². The molecule has 1 amide bonds. The van der Waals surface area contributed by atoms with Gasteiger partial charge in [-0.15, -0.1) is 0 Å². The summed E-state index contributed by atoms with van der Waals surface area (Å²) in [4.78, 5) is 23.5. The van der Waals surface area contributed by atoms with Gasteiger partial charge in [0.05, 0.1) is 26.2 Å². The molecule has 126 valence electrons. The van der Waals surface area contributed by atoms with Crippen molar-refractivity contribution in [2.75, 3.05) is 19.8 Å². The zero-order valence-electron chi connectivity index (χ0n) is 13.0. The lowest BCUT2D eigenvalue weighted by Crippen LogP contribution is -2.45. The number of ether oxygens (including phenoxy) is 3. The Bertz CT molecular complexity index is 529. The van der Waals surface area contributed by atoms with Crippen LogP contribution < -0.4 is 5.32 Å². The van der Waals surface area contributed by atoms with Crippen molar-refractivity contribution in [3.05, 3.63) is 35.9 Å². The van der Waals surface area contributed by atoms with Crippen LogP contribution in [0.5, 0.6) is 0 Å². The van der Waals surface area contributed by atoms with E-state index in [1.54, 1.807) is 0 Å². The second-order valence-corrected chi connectivity index (χ2v) is 5.85. The lowest BCUT2D eigenvalue weighted by molar-refractivity contribution is -0.166. The van der Waals surface area contributed by atoms with E-state index in [2.05, 4.69) is 5.32 Å². The summed E-state index contributed by atoms with van der Waals surface area (Å²) in [7, 11) is 0. The van der Waals surface area contributed by atoms with Crippen LogP contribution >= 0.6 is 0 Å². The van der Waals surface area contributed by atoms with E-state index in [1.807, 2.05) is 37.3 Å². The van der Waals surface area contributed by atoms with E-state index >= 15 is 0 Å². The molecule has 7 nitrogen and oxygen atoms in total. The normalized spacial score (nSPS) is 16.8. The SMILES string of the molecule is CC1(CC(=O)O[C@H](CO)NC(=O)OCc2ccccc2)COC1. The van der Waals surface area contributed by atoms with Crippen LogP contribution in [0.2, 0.25) is 0 Å². The molecule has 1 fully saturated rings. The van der Waals surface area contributed by atoms with Gasteiger partial charge in [0.15, 0.2) is 0 Å². The van der Waals surface area contributed by atoms with Gasteiger partial charge < -0.3 is 19.3 Å². The van der Waals surface area contributed by atoms with Gasteiger partial charge >= 0.3 is 12.1 Å². The first kappa shape index (κ1) is 17.2. The number of esters is 1. The zero-order valence-corrected chi connectivity index (χ0v) is 13.0. The number of aliphatic hydroxyl groups is 1. The Morgan fingerprint density at radius 1 is 1.35 bits per heavy atom. The highest BCUT2D eigenvalue weighted by Gasteiger charge is 2.36. The van der Waals surface area contributed by atoms with Crippen LogP contribution in [0.1, 0.15) is 18.9 Å². The summed E-state index contributed by atoms with van der Waals surface area (Å²) in [5.41, 5.74) is 0.600. The fraction of sp³-hybridized carbons (Fsp3) is 0.500. The lowest BCUT2D eigenvalue weighted by Gasteiger charge is -2.37. The Hall–Kier alpha value is -2.12. The Kier molecular flexibility index (Phi) is 5.95. The molecule has 0 aromatic heterocycles.